The number of nitrogens with zero attached hydrogens (tertiary/aromatic N) is 4. The minimum absolute atomic E-state index is 0.0156. The number of carboxylic acids is 1. The highest BCUT2D eigenvalue weighted by Crippen LogP contribution is 2.36. The van der Waals surface area contributed by atoms with Crippen molar-refractivity contribution in [3.8, 4) is 5.88 Å². The Morgan fingerprint density at radius 3 is 2.81 bits per heavy atom. The molecule has 0 saturated heterocycles. The molecule has 108 valence electrons. The highest BCUT2D eigenvalue weighted by Gasteiger charge is 2.25. The molecule has 2 aromatic rings. The summed E-state index contributed by atoms with van der Waals surface area (Å²) in [4.78, 5) is 32.7. The van der Waals surface area contributed by atoms with Crippen molar-refractivity contribution in [1.82, 2.24) is 15.0 Å². The van der Waals surface area contributed by atoms with Gasteiger partial charge in [-0.05, 0) is 23.9 Å². The first-order valence-corrected chi connectivity index (χ1v) is 6.25. The lowest BCUT2D eigenvalue weighted by Gasteiger charge is -2.04. The summed E-state index contributed by atoms with van der Waals surface area (Å²) in [6.07, 6.45) is 2.42. The number of aromatic carboxylic acids is 1. The van der Waals surface area contributed by atoms with Crippen LogP contribution >= 0.6 is 11.8 Å². The van der Waals surface area contributed by atoms with E-state index in [0.717, 1.165) is 18.1 Å². The number of aromatic nitrogens is 3. The van der Waals surface area contributed by atoms with Crippen molar-refractivity contribution < 1.29 is 19.6 Å². The van der Waals surface area contributed by atoms with Gasteiger partial charge in [-0.1, -0.05) is 0 Å². The van der Waals surface area contributed by atoms with E-state index in [1.54, 1.807) is 0 Å². The van der Waals surface area contributed by atoms with Crippen LogP contribution in [0.25, 0.3) is 0 Å². The average Bonchev–Trinajstić information content (AvgIpc) is 2.46. The van der Waals surface area contributed by atoms with Crippen LogP contribution in [0.1, 0.15) is 10.4 Å². The summed E-state index contributed by atoms with van der Waals surface area (Å²) in [5.41, 5.74) is -0.372. The third-order valence-corrected chi connectivity index (χ3v) is 3.24. The van der Waals surface area contributed by atoms with Crippen molar-refractivity contribution in [2.75, 3.05) is 7.11 Å². The molecule has 0 aromatic carbocycles. The van der Waals surface area contributed by atoms with Gasteiger partial charge in [0, 0.05) is 6.20 Å². The van der Waals surface area contributed by atoms with Crippen LogP contribution in [0.4, 0.5) is 5.69 Å². The molecule has 0 bridgehead atoms. The summed E-state index contributed by atoms with van der Waals surface area (Å²) in [5.74, 6) is -1.29. The Hall–Kier alpha value is -2.75. The lowest BCUT2D eigenvalue weighted by atomic mass is 10.3. The van der Waals surface area contributed by atoms with Gasteiger partial charge in [0.15, 0.2) is 5.03 Å². The predicted octanol–water partition coefficient (Wildman–Crippen LogP) is 1.64. The number of nitro groups is 1. The minimum Gasteiger partial charge on any atom is -0.478 e. The van der Waals surface area contributed by atoms with Crippen LogP contribution in [0.15, 0.2) is 34.7 Å². The summed E-state index contributed by atoms with van der Waals surface area (Å²) in [6, 6.07) is 2.62. The first kappa shape index (κ1) is 14.7. The van der Waals surface area contributed by atoms with Gasteiger partial charge in [0.1, 0.15) is 11.4 Å². The average molecular weight is 308 g/mol. The van der Waals surface area contributed by atoms with Gasteiger partial charge in [0.05, 0.1) is 17.6 Å². The number of hydrogen-bond donors (Lipinski definition) is 1. The third-order valence-electron chi connectivity index (χ3n) is 2.31. The molecule has 0 saturated carbocycles. The van der Waals surface area contributed by atoms with E-state index in [-0.39, 0.29) is 21.5 Å². The number of carboxylic acid groups (broad SMARTS) is 1. The molecule has 0 fully saturated rings. The molecule has 0 amide bonds. The quantitative estimate of drug-likeness (QED) is 0.497. The van der Waals surface area contributed by atoms with Crippen LogP contribution < -0.4 is 4.74 Å². The molecule has 0 aliphatic carbocycles. The fraction of sp³-hybridized carbons (Fsp3) is 0.0909. The zero-order valence-corrected chi connectivity index (χ0v) is 11.4. The predicted molar refractivity (Wildman–Crippen MR) is 70.6 cm³/mol. The van der Waals surface area contributed by atoms with Crippen LogP contribution in [-0.2, 0) is 0 Å². The smallest absolute Gasteiger partial charge is 0.363 e. The molecule has 2 rings (SSSR count). The Bertz CT molecular complexity index is 709. The largest absolute Gasteiger partial charge is 0.478 e. The van der Waals surface area contributed by atoms with Gasteiger partial charge in [0.2, 0.25) is 0 Å². The van der Waals surface area contributed by atoms with Gasteiger partial charge in [-0.25, -0.2) is 14.8 Å². The van der Waals surface area contributed by atoms with Crippen LogP contribution in [-0.4, -0.2) is 38.1 Å². The number of hydrogen-bond acceptors (Lipinski definition) is 8. The summed E-state index contributed by atoms with van der Waals surface area (Å²) < 4.78 is 4.83. The molecule has 1 N–H and O–H groups in total. The second-order valence-electron chi connectivity index (χ2n) is 3.58. The number of methoxy groups -OCH3 is 1. The molecule has 2 heterocycles. The Morgan fingerprint density at radius 2 is 2.19 bits per heavy atom. The van der Waals surface area contributed by atoms with Crippen molar-refractivity contribution in [2.24, 2.45) is 0 Å². The molecule has 0 aliphatic rings. The fourth-order valence-electron chi connectivity index (χ4n) is 1.43. The van der Waals surface area contributed by atoms with E-state index in [1.165, 1.54) is 25.4 Å². The molecule has 0 atom stereocenters. The van der Waals surface area contributed by atoms with Gasteiger partial charge in [0.25, 0.3) is 5.88 Å². The van der Waals surface area contributed by atoms with E-state index in [9.17, 15) is 14.9 Å². The second-order valence-corrected chi connectivity index (χ2v) is 4.59. The first-order chi connectivity index (χ1) is 10.0. The summed E-state index contributed by atoms with van der Waals surface area (Å²) in [5, 5.41) is 20.3. The summed E-state index contributed by atoms with van der Waals surface area (Å²) in [6.45, 7) is 0. The number of carbonyl (C=O) groups is 1. The zero-order valence-electron chi connectivity index (χ0n) is 10.6. The maximum atomic E-state index is 11.1. The van der Waals surface area contributed by atoms with Crippen LogP contribution in [0, 0.1) is 10.1 Å². The standard InChI is InChI=1S/C11H8N4O5S/c1-20-9-8(15(18)19)10(14-5-13-9)21-7-4-6(11(16)17)2-3-12-7/h2-5H,1H3,(H,16,17). The van der Waals surface area contributed by atoms with E-state index in [0.29, 0.717) is 0 Å². The van der Waals surface area contributed by atoms with Crippen molar-refractivity contribution in [3.05, 3.63) is 40.3 Å². The lowest BCUT2D eigenvalue weighted by Crippen LogP contribution is -2.01. The highest BCUT2D eigenvalue weighted by molar-refractivity contribution is 7.99. The van der Waals surface area contributed by atoms with Crippen LogP contribution in [0.5, 0.6) is 5.88 Å². The molecule has 21 heavy (non-hydrogen) atoms. The molecule has 0 spiro atoms. The van der Waals surface area contributed by atoms with Crippen molar-refractivity contribution in [1.29, 1.82) is 0 Å². The molecular formula is C11H8N4O5S. The fourth-order valence-corrected chi connectivity index (χ4v) is 2.28. The summed E-state index contributed by atoms with van der Waals surface area (Å²) >= 11 is 0.856. The lowest BCUT2D eigenvalue weighted by molar-refractivity contribution is -0.389. The maximum absolute atomic E-state index is 11.1. The Morgan fingerprint density at radius 1 is 1.43 bits per heavy atom. The van der Waals surface area contributed by atoms with Gasteiger partial charge in [-0.2, -0.15) is 4.98 Å². The Labute approximate surface area is 122 Å². The van der Waals surface area contributed by atoms with Crippen LogP contribution in [0.2, 0.25) is 0 Å². The van der Waals surface area contributed by atoms with E-state index < -0.39 is 16.6 Å². The molecular weight excluding hydrogens is 300 g/mol. The monoisotopic (exact) mass is 308 g/mol. The second kappa shape index (κ2) is 6.13. The maximum Gasteiger partial charge on any atom is 0.363 e. The first-order valence-electron chi connectivity index (χ1n) is 5.43. The molecule has 2 aromatic heterocycles. The van der Waals surface area contributed by atoms with Gasteiger partial charge in [-0.15, -0.1) is 0 Å². The van der Waals surface area contributed by atoms with E-state index in [2.05, 4.69) is 15.0 Å². The van der Waals surface area contributed by atoms with Crippen LogP contribution in [0.3, 0.4) is 0 Å². The van der Waals surface area contributed by atoms with Crippen molar-refractivity contribution in [3.63, 3.8) is 0 Å². The van der Waals surface area contributed by atoms with Gasteiger partial charge in [-0.3, -0.25) is 10.1 Å². The summed E-state index contributed by atoms with van der Waals surface area (Å²) in [7, 11) is 1.26. The topological polar surface area (TPSA) is 128 Å². The Balaban J connectivity index is 2.42. The normalized spacial score (nSPS) is 10.1. The minimum atomic E-state index is -1.12. The third kappa shape index (κ3) is 3.23. The van der Waals surface area contributed by atoms with E-state index in [4.69, 9.17) is 9.84 Å². The molecule has 0 aliphatic heterocycles. The number of rotatable bonds is 5. The molecule has 0 unspecified atom stereocenters. The SMILES string of the molecule is COc1ncnc(Sc2cc(C(=O)O)ccn2)c1[N+](=O)[O-]. The number of pyridine rings is 1. The van der Waals surface area contributed by atoms with E-state index in [1.807, 2.05) is 0 Å². The highest BCUT2D eigenvalue weighted by atomic mass is 32.2. The van der Waals surface area contributed by atoms with Crippen molar-refractivity contribution >= 4 is 23.4 Å². The molecule has 10 heteroatoms. The molecule has 0 radical (unpaired) electrons. The van der Waals surface area contributed by atoms with Gasteiger partial charge >= 0.3 is 11.7 Å². The van der Waals surface area contributed by atoms with E-state index >= 15 is 0 Å². The van der Waals surface area contributed by atoms with Crippen molar-refractivity contribution in [2.45, 2.75) is 10.1 Å². The zero-order chi connectivity index (χ0) is 15.4. The van der Waals surface area contributed by atoms with Gasteiger partial charge < -0.3 is 9.84 Å². The number of ether oxygens (including phenoxy) is 1. The molecule has 9 nitrogen and oxygen atoms in total. The Kier molecular flexibility index (Phi) is 4.28.